The molecule has 2 atom stereocenters. The highest BCUT2D eigenvalue weighted by Crippen LogP contribution is 2.43. The van der Waals surface area contributed by atoms with Crippen LogP contribution in [0.3, 0.4) is 0 Å². The van der Waals surface area contributed by atoms with E-state index in [9.17, 15) is 4.79 Å². The van der Waals surface area contributed by atoms with E-state index in [0.29, 0.717) is 6.54 Å². The van der Waals surface area contributed by atoms with Crippen LogP contribution in [0.15, 0.2) is 29.2 Å². The van der Waals surface area contributed by atoms with Gasteiger partial charge in [0.05, 0.1) is 0 Å². The summed E-state index contributed by atoms with van der Waals surface area (Å²) in [5, 5.41) is 0. The average molecular weight is 352 g/mol. The molecule has 1 aliphatic heterocycles. The van der Waals surface area contributed by atoms with Crippen molar-refractivity contribution in [2.24, 2.45) is 0 Å². The minimum atomic E-state index is -0.469. The van der Waals surface area contributed by atoms with Crippen LogP contribution in [0.5, 0.6) is 0 Å². The quantitative estimate of drug-likeness (QED) is 0.730. The Morgan fingerprint density at radius 2 is 2.08 bits per heavy atom. The van der Waals surface area contributed by atoms with Gasteiger partial charge in [-0.1, -0.05) is 29.5 Å². The normalized spacial score (nSPS) is 24.8. The third kappa shape index (κ3) is 4.90. The number of benzene rings is 1. The predicted octanol–water partition coefficient (Wildman–Crippen LogP) is 4.85. The first-order chi connectivity index (χ1) is 11.1. The molecular weight excluding hydrogens is 322 g/mol. The van der Waals surface area contributed by atoms with Crippen LogP contribution < -0.4 is 0 Å². The van der Waals surface area contributed by atoms with Crippen molar-refractivity contribution in [1.82, 2.24) is 4.90 Å². The van der Waals surface area contributed by atoms with Gasteiger partial charge in [-0.05, 0) is 46.8 Å². The SMILES string of the molecule is COC1(Sc2cccc(C)c2)CCN(C(=O)OC(C)(C)C)C(C)C1. The summed E-state index contributed by atoms with van der Waals surface area (Å²) in [5.41, 5.74) is 0.772. The van der Waals surface area contributed by atoms with E-state index in [1.165, 1.54) is 10.5 Å². The van der Waals surface area contributed by atoms with E-state index in [2.05, 4.69) is 38.1 Å². The molecule has 5 heteroatoms. The molecule has 0 radical (unpaired) electrons. The van der Waals surface area contributed by atoms with Crippen molar-refractivity contribution in [2.75, 3.05) is 13.7 Å². The maximum atomic E-state index is 12.4. The standard InChI is InChI=1S/C19H29NO3S/c1-14-8-7-9-16(12-14)24-19(22-6)10-11-20(15(2)13-19)17(21)23-18(3,4)5/h7-9,12,15H,10-11,13H2,1-6H3. The Hall–Kier alpha value is -1.20. The lowest BCUT2D eigenvalue weighted by atomic mass is 10.0. The fraction of sp³-hybridized carbons (Fsp3) is 0.632. The van der Waals surface area contributed by atoms with Gasteiger partial charge in [0, 0.05) is 37.4 Å². The van der Waals surface area contributed by atoms with Crippen molar-refractivity contribution >= 4 is 17.9 Å². The van der Waals surface area contributed by atoms with Gasteiger partial charge in [-0.25, -0.2) is 4.79 Å². The van der Waals surface area contributed by atoms with E-state index in [4.69, 9.17) is 9.47 Å². The zero-order valence-electron chi connectivity index (χ0n) is 15.6. The number of nitrogens with zero attached hydrogens (tertiary/aromatic N) is 1. The molecule has 1 amide bonds. The van der Waals surface area contributed by atoms with E-state index in [1.807, 2.05) is 25.7 Å². The molecule has 1 saturated heterocycles. The number of carbonyl (C=O) groups excluding carboxylic acids is 1. The van der Waals surface area contributed by atoms with Crippen LogP contribution in [0.25, 0.3) is 0 Å². The maximum Gasteiger partial charge on any atom is 0.410 e. The summed E-state index contributed by atoms with van der Waals surface area (Å²) in [6.45, 7) is 10.5. The Morgan fingerprint density at radius 3 is 2.62 bits per heavy atom. The van der Waals surface area contributed by atoms with E-state index < -0.39 is 5.60 Å². The number of thioether (sulfide) groups is 1. The molecule has 1 aromatic carbocycles. The van der Waals surface area contributed by atoms with Crippen LogP contribution in [0.2, 0.25) is 0 Å². The molecule has 1 aliphatic rings. The Balaban J connectivity index is 2.07. The van der Waals surface area contributed by atoms with Gasteiger partial charge in [-0.15, -0.1) is 0 Å². The zero-order valence-corrected chi connectivity index (χ0v) is 16.4. The molecule has 0 N–H and O–H groups in total. The molecule has 0 spiro atoms. The summed E-state index contributed by atoms with van der Waals surface area (Å²) in [6.07, 6.45) is 1.33. The van der Waals surface area contributed by atoms with Gasteiger partial charge in [0.25, 0.3) is 0 Å². The van der Waals surface area contributed by atoms with Crippen LogP contribution in [0, 0.1) is 6.92 Å². The third-order valence-corrected chi connectivity index (χ3v) is 5.56. The predicted molar refractivity (Wildman–Crippen MR) is 98.4 cm³/mol. The Morgan fingerprint density at radius 1 is 1.38 bits per heavy atom. The molecule has 0 aliphatic carbocycles. The molecule has 4 nitrogen and oxygen atoms in total. The van der Waals surface area contributed by atoms with Crippen LogP contribution in [-0.2, 0) is 9.47 Å². The fourth-order valence-electron chi connectivity index (χ4n) is 2.98. The van der Waals surface area contributed by atoms with Gasteiger partial charge in [-0.3, -0.25) is 0 Å². The van der Waals surface area contributed by atoms with Gasteiger partial charge in [0.1, 0.15) is 10.5 Å². The fourth-order valence-corrected chi connectivity index (χ4v) is 4.40. The second kappa shape index (κ2) is 7.36. The molecule has 0 aromatic heterocycles. The molecule has 2 unspecified atom stereocenters. The molecule has 1 aromatic rings. The van der Waals surface area contributed by atoms with Gasteiger partial charge >= 0.3 is 6.09 Å². The second-order valence-electron chi connectivity index (χ2n) is 7.51. The van der Waals surface area contributed by atoms with Crippen LogP contribution in [0.4, 0.5) is 4.79 Å². The van der Waals surface area contributed by atoms with Crippen molar-refractivity contribution in [1.29, 1.82) is 0 Å². The first kappa shape index (κ1) is 19.1. The number of methoxy groups -OCH3 is 1. The molecule has 24 heavy (non-hydrogen) atoms. The topological polar surface area (TPSA) is 38.8 Å². The number of rotatable bonds is 3. The minimum absolute atomic E-state index is 0.0749. The van der Waals surface area contributed by atoms with E-state index >= 15 is 0 Å². The highest BCUT2D eigenvalue weighted by Gasteiger charge is 2.42. The smallest absolute Gasteiger partial charge is 0.410 e. The van der Waals surface area contributed by atoms with Gasteiger partial charge < -0.3 is 14.4 Å². The van der Waals surface area contributed by atoms with E-state index in [-0.39, 0.29) is 17.1 Å². The number of hydrogen-bond donors (Lipinski definition) is 0. The summed E-state index contributed by atoms with van der Waals surface area (Å²) in [7, 11) is 1.76. The van der Waals surface area contributed by atoms with Crippen molar-refractivity contribution < 1.29 is 14.3 Å². The molecule has 0 bridgehead atoms. The lowest BCUT2D eigenvalue weighted by molar-refractivity contribution is -0.0271. The monoisotopic (exact) mass is 351 g/mol. The first-order valence-corrected chi connectivity index (χ1v) is 9.26. The number of ether oxygens (including phenoxy) is 2. The number of piperidine rings is 1. The highest BCUT2D eigenvalue weighted by molar-refractivity contribution is 8.00. The van der Waals surface area contributed by atoms with Crippen molar-refractivity contribution in [3.05, 3.63) is 29.8 Å². The molecule has 134 valence electrons. The Kier molecular flexibility index (Phi) is 5.87. The summed E-state index contributed by atoms with van der Waals surface area (Å²) in [5.74, 6) is 0. The van der Waals surface area contributed by atoms with Crippen molar-refractivity contribution in [3.8, 4) is 0 Å². The van der Waals surface area contributed by atoms with E-state index in [1.54, 1.807) is 18.9 Å². The first-order valence-electron chi connectivity index (χ1n) is 8.45. The molecular formula is C19H29NO3S. The lowest BCUT2D eigenvalue weighted by Gasteiger charge is -2.44. The van der Waals surface area contributed by atoms with Gasteiger partial charge in [0.15, 0.2) is 0 Å². The van der Waals surface area contributed by atoms with Crippen molar-refractivity contribution in [2.45, 2.75) is 68.9 Å². The molecule has 1 heterocycles. The number of likely N-dealkylation sites (tertiary alicyclic amines) is 1. The Bertz CT molecular complexity index is 584. The zero-order chi connectivity index (χ0) is 18.0. The summed E-state index contributed by atoms with van der Waals surface area (Å²) < 4.78 is 11.4. The lowest BCUT2D eigenvalue weighted by Crippen LogP contribution is -2.52. The van der Waals surface area contributed by atoms with E-state index in [0.717, 1.165) is 12.8 Å². The minimum Gasteiger partial charge on any atom is -0.444 e. The number of carbonyl (C=O) groups is 1. The second-order valence-corrected chi connectivity index (χ2v) is 8.93. The molecule has 0 saturated carbocycles. The van der Waals surface area contributed by atoms with Gasteiger partial charge in [0.2, 0.25) is 0 Å². The number of aryl methyl sites for hydroxylation is 1. The summed E-state index contributed by atoms with van der Waals surface area (Å²) in [6, 6.07) is 8.53. The summed E-state index contributed by atoms with van der Waals surface area (Å²) in [4.78, 5) is 15.1. The van der Waals surface area contributed by atoms with Crippen molar-refractivity contribution in [3.63, 3.8) is 0 Å². The average Bonchev–Trinajstić information content (AvgIpc) is 2.45. The number of amides is 1. The maximum absolute atomic E-state index is 12.4. The van der Waals surface area contributed by atoms with Crippen LogP contribution >= 0.6 is 11.8 Å². The third-order valence-electron chi connectivity index (χ3n) is 4.17. The number of hydrogen-bond acceptors (Lipinski definition) is 4. The van der Waals surface area contributed by atoms with Crippen LogP contribution in [0.1, 0.15) is 46.1 Å². The largest absolute Gasteiger partial charge is 0.444 e. The summed E-state index contributed by atoms with van der Waals surface area (Å²) >= 11 is 1.76. The molecule has 2 rings (SSSR count). The highest BCUT2D eigenvalue weighted by atomic mass is 32.2. The Labute approximate surface area is 149 Å². The van der Waals surface area contributed by atoms with Gasteiger partial charge in [-0.2, -0.15) is 0 Å². The molecule has 1 fully saturated rings. The van der Waals surface area contributed by atoms with Crippen LogP contribution in [-0.4, -0.2) is 41.2 Å².